The molecule has 4 heterocycles. The fraction of sp³-hybridized carbons (Fsp3) is 0.459. The second kappa shape index (κ2) is 16.2. The van der Waals surface area contributed by atoms with Gasteiger partial charge in [-0.3, -0.25) is 15.0 Å². The van der Waals surface area contributed by atoms with E-state index in [4.69, 9.17) is 4.74 Å². The molecule has 2 aromatic carbocycles. The second-order valence-electron chi connectivity index (χ2n) is 13.5. The Morgan fingerprint density at radius 3 is 1.90 bits per heavy atom. The van der Waals surface area contributed by atoms with Gasteiger partial charge >= 0.3 is 6.09 Å². The molecule has 6 rings (SSSR count). The highest BCUT2D eigenvalue weighted by Gasteiger charge is 2.37. The largest absolute Gasteiger partial charge is 0.465 e. The van der Waals surface area contributed by atoms with E-state index in [1.165, 1.54) is 7.11 Å². The number of imidazole rings is 2. The van der Waals surface area contributed by atoms with Gasteiger partial charge in [0.1, 0.15) is 17.7 Å². The number of aliphatic hydroxyl groups is 2. The summed E-state index contributed by atoms with van der Waals surface area (Å²) in [6.45, 7) is 5.17. The van der Waals surface area contributed by atoms with Crippen LogP contribution in [0, 0.1) is 0 Å². The Hall–Kier alpha value is -4.60. The topological polar surface area (TPSA) is 192 Å². The number of hydrogen-bond acceptors (Lipinski definition) is 9. The Kier molecular flexibility index (Phi) is 11.5. The van der Waals surface area contributed by atoms with Gasteiger partial charge in [-0.05, 0) is 68.3 Å². The Balaban J connectivity index is 1.09. The van der Waals surface area contributed by atoms with Gasteiger partial charge in [0.25, 0.3) is 0 Å². The van der Waals surface area contributed by atoms with Crippen molar-refractivity contribution in [2.45, 2.75) is 75.9 Å². The van der Waals surface area contributed by atoms with E-state index in [0.29, 0.717) is 13.1 Å². The third-order valence-electron chi connectivity index (χ3n) is 9.97. The predicted octanol–water partition coefficient (Wildman–Crippen LogP) is 3.89. The van der Waals surface area contributed by atoms with Gasteiger partial charge in [0.15, 0.2) is 0 Å². The number of rotatable bonds is 14. The van der Waals surface area contributed by atoms with Gasteiger partial charge in [-0.1, -0.05) is 48.5 Å². The van der Waals surface area contributed by atoms with Crippen LogP contribution >= 0.6 is 0 Å². The molecular formula is C37H48N8O6. The first-order chi connectivity index (χ1) is 24.6. The smallest absolute Gasteiger partial charge is 0.405 e. The minimum Gasteiger partial charge on any atom is -0.465 e. The average Bonchev–Trinajstić information content (AvgIpc) is 3.95. The number of aromatic nitrogens is 4. The molecule has 2 saturated heterocycles. The second-order valence-corrected chi connectivity index (χ2v) is 13.5. The summed E-state index contributed by atoms with van der Waals surface area (Å²) in [6, 6.07) is 15.0. The van der Waals surface area contributed by atoms with E-state index in [1.54, 1.807) is 24.9 Å². The number of methoxy groups -OCH3 is 1. The Morgan fingerprint density at radius 2 is 1.37 bits per heavy atom. The number of carbonyl (C=O) groups excluding carboxylic acids is 1. The van der Waals surface area contributed by atoms with Gasteiger partial charge in [-0.2, -0.15) is 0 Å². The SMILES string of the molecule is COCN[C@H](C(=O)N1CCC[C@H]1c1ncc(-c2ccc(-c3ccc(-c4cnc([C@@H]5CCCN5C[C@H](NC(=O)O)[C@@H](C)O)[nH]4)cc3)cc2)[nH]1)[C@@H](C)O. The summed E-state index contributed by atoms with van der Waals surface area (Å²) < 4.78 is 5.06. The number of nitrogens with zero attached hydrogens (tertiary/aromatic N) is 4. The number of carbonyl (C=O) groups is 2. The first-order valence-electron chi connectivity index (χ1n) is 17.6. The molecule has 2 fully saturated rings. The van der Waals surface area contributed by atoms with Crippen molar-refractivity contribution in [2.24, 2.45) is 0 Å². The van der Waals surface area contributed by atoms with Crippen molar-refractivity contribution in [1.82, 2.24) is 40.4 Å². The standard InChI is InChI=1S/C37H48N8O6/c1-22(46)30(43-37(49)50)20-44-16-4-6-31(44)34-38-18-28(41-34)26-12-8-24(9-13-26)25-10-14-27(15-11-25)29-19-39-35(42-29)32-7-5-17-45(32)36(48)33(23(2)47)40-21-51-3/h8-15,18-19,22-23,30-33,40,43,46-47H,4-7,16-17,20-21H2,1-3H3,(H,38,41)(H,39,42)(H,49,50)/t22-,23-,30+,31+,32+,33+/m1/s1. The first kappa shape index (κ1) is 36.2. The minimum absolute atomic E-state index is 0.0183. The number of hydrogen-bond donors (Lipinski definition) is 7. The molecule has 0 aliphatic carbocycles. The molecule has 14 nitrogen and oxygen atoms in total. The highest BCUT2D eigenvalue weighted by Crippen LogP contribution is 2.34. The van der Waals surface area contributed by atoms with Crippen LogP contribution in [0.25, 0.3) is 33.6 Å². The molecule has 0 spiro atoms. The molecule has 6 atom stereocenters. The van der Waals surface area contributed by atoms with Crippen molar-refractivity contribution in [2.75, 3.05) is 33.5 Å². The summed E-state index contributed by atoms with van der Waals surface area (Å²) in [5, 5.41) is 34.9. The number of H-pyrrole nitrogens is 2. The molecule has 2 aliphatic rings. The number of nitrogens with one attached hydrogen (secondary N) is 4. The molecule has 2 aromatic heterocycles. The van der Waals surface area contributed by atoms with Crippen LogP contribution in [0.5, 0.6) is 0 Å². The maximum atomic E-state index is 13.3. The third kappa shape index (κ3) is 8.32. The molecule has 4 aromatic rings. The fourth-order valence-corrected chi connectivity index (χ4v) is 7.20. The van der Waals surface area contributed by atoms with Crippen molar-refractivity contribution in [1.29, 1.82) is 0 Å². The van der Waals surface area contributed by atoms with E-state index in [-0.39, 0.29) is 24.7 Å². The molecule has 2 aliphatic heterocycles. The first-order valence-corrected chi connectivity index (χ1v) is 17.6. The van der Waals surface area contributed by atoms with Gasteiger partial charge in [-0.15, -0.1) is 0 Å². The van der Waals surface area contributed by atoms with Crippen LogP contribution in [0.3, 0.4) is 0 Å². The van der Waals surface area contributed by atoms with Crippen molar-refractivity contribution < 1.29 is 29.6 Å². The van der Waals surface area contributed by atoms with Gasteiger partial charge in [-0.25, -0.2) is 14.8 Å². The van der Waals surface area contributed by atoms with Gasteiger partial charge < -0.3 is 40.2 Å². The lowest BCUT2D eigenvalue weighted by Gasteiger charge is -2.29. The average molecular weight is 701 g/mol. The van der Waals surface area contributed by atoms with Crippen LogP contribution in [0.4, 0.5) is 4.79 Å². The number of ether oxygens (including phenoxy) is 1. The number of aliphatic hydroxyl groups excluding tert-OH is 2. The Bertz CT molecular complexity index is 1750. The predicted molar refractivity (Wildman–Crippen MR) is 191 cm³/mol. The highest BCUT2D eigenvalue weighted by atomic mass is 16.5. The van der Waals surface area contributed by atoms with Crippen molar-refractivity contribution in [3.05, 3.63) is 72.6 Å². The van der Waals surface area contributed by atoms with E-state index in [9.17, 15) is 24.9 Å². The van der Waals surface area contributed by atoms with E-state index in [1.807, 2.05) is 6.20 Å². The molecule has 0 saturated carbocycles. The summed E-state index contributed by atoms with van der Waals surface area (Å²) in [5.74, 6) is 1.40. The zero-order valence-corrected chi connectivity index (χ0v) is 29.2. The molecular weight excluding hydrogens is 652 g/mol. The lowest BCUT2D eigenvalue weighted by atomic mass is 10.0. The van der Waals surface area contributed by atoms with Crippen LogP contribution in [0.15, 0.2) is 60.9 Å². The normalized spacial score (nSPS) is 20.3. The van der Waals surface area contributed by atoms with E-state index in [0.717, 1.165) is 77.5 Å². The number of carboxylic acid groups (broad SMARTS) is 1. The fourth-order valence-electron chi connectivity index (χ4n) is 7.20. The molecule has 0 bridgehead atoms. The van der Waals surface area contributed by atoms with Crippen LogP contribution in [0.2, 0.25) is 0 Å². The van der Waals surface area contributed by atoms with Crippen LogP contribution < -0.4 is 10.6 Å². The summed E-state index contributed by atoms with van der Waals surface area (Å²) >= 11 is 0. The van der Waals surface area contributed by atoms with Gasteiger partial charge in [0.05, 0.1) is 60.8 Å². The Labute approximate surface area is 297 Å². The molecule has 0 unspecified atom stereocenters. The molecule has 51 heavy (non-hydrogen) atoms. The lowest BCUT2D eigenvalue weighted by Crippen LogP contribution is -2.52. The number of aromatic amines is 2. The number of amides is 2. The highest BCUT2D eigenvalue weighted by molar-refractivity contribution is 5.83. The minimum atomic E-state index is -1.15. The number of likely N-dealkylation sites (tertiary alicyclic amines) is 2. The number of benzene rings is 2. The summed E-state index contributed by atoms with van der Waals surface area (Å²) in [4.78, 5) is 44.8. The van der Waals surface area contributed by atoms with Crippen molar-refractivity contribution in [3.8, 4) is 33.6 Å². The van der Waals surface area contributed by atoms with E-state index >= 15 is 0 Å². The van der Waals surface area contributed by atoms with Gasteiger partial charge in [0.2, 0.25) is 5.91 Å². The van der Waals surface area contributed by atoms with Crippen LogP contribution in [-0.4, -0.2) is 115 Å². The quantitative estimate of drug-likeness (QED) is 0.0950. The van der Waals surface area contributed by atoms with Crippen molar-refractivity contribution in [3.63, 3.8) is 0 Å². The zero-order chi connectivity index (χ0) is 36.1. The maximum absolute atomic E-state index is 13.3. The summed E-state index contributed by atoms with van der Waals surface area (Å²) in [6.07, 6.45) is 4.33. The monoisotopic (exact) mass is 700 g/mol. The summed E-state index contributed by atoms with van der Waals surface area (Å²) in [5.41, 5.74) is 5.90. The van der Waals surface area contributed by atoms with Crippen LogP contribution in [0.1, 0.15) is 63.3 Å². The Morgan fingerprint density at radius 1 is 0.843 bits per heavy atom. The maximum Gasteiger partial charge on any atom is 0.405 e. The molecule has 272 valence electrons. The van der Waals surface area contributed by atoms with Crippen LogP contribution in [-0.2, 0) is 9.53 Å². The van der Waals surface area contributed by atoms with E-state index in [2.05, 4.69) is 84.0 Å². The van der Waals surface area contributed by atoms with Gasteiger partial charge in [0, 0.05) is 20.2 Å². The third-order valence-corrected chi connectivity index (χ3v) is 9.97. The zero-order valence-electron chi connectivity index (χ0n) is 29.2. The molecule has 7 N–H and O–H groups in total. The lowest BCUT2D eigenvalue weighted by molar-refractivity contribution is -0.137. The molecule has 2 amide bonds. The van der Waals surface area contributed by atoms with Crippen molar-refractivity contribution >= 4 is 12.0 Å². The molecule has 14 heteroatoms. The van der Waals surface area contributed by atoms with E-state index < -0.39 is 30.4 Å². The summed E-state index contributed by atoms with van der Waals surface area (Å²) in [7, 11) is 1.54. The molecule has 0 radical (unpaired) electrons.